The summed E-state index contributed by atoms with van der Waals surface area (Å²) in [6.45, 7) is 3.83. The number of hydrogen-bond donors (Lipinski definition) is 2. The van der Waals surface area contributed by atoms with E-state index in [4.69, 9.17) is 4.74 Å². The number of rotatable bonds is 4. The van der Waals surface area contributed by atoms with E-state index in [9.17, 15) is 24.3 Å². The number of aliphatic hydroxyl groups is 1. The molecule has 130 valence electrons. The summed E-state index contributed by atoms with van der Waals surface area (Å²) in [5.74, 6) is -3.80. The predicted octanol–water partition coefficient (Wildman–Crippen LogP) is 1.78. The quantitative estimate of drug-likeness (QED) is 0.279. The summed E-state index contributed by atoms with van der Waals surface area (Å²) in [5.41, 5.74) is -0.202. The van der Waals surface area contributed by atoms with E-state index in [1.54, 1.807) is 12.1 Å². The smallest absolute Gasteiger partial charge is 0.353 e. The Balaban J connectivity index is 2.35. The molecule has 0 atom stereocenters. The highest BCUT2D eigenvalue weighted by atomic mass is 16.6. The number of esters is 3. The van der Waals surface area contributed by atoms with Crippen molar-refractivity contribution in [3.8, 4) is 5.75 Å². The summed E-state index contributed by atoms with van der Waals surface area (Å²) in [4.78, 5) is 45.8. The molecule has 0 spiro atoms. The number of anilines is 1. The fourth-order valence-corrected chi connectivity index (χ4v) is 2.20. The molecule has 1 aromatic rings. The predicted molar refractivity (Wildman–Crippen MR) is 85.5 cm³/mol. The first-order chi connectivity index (χ1) is 11.7. The Bertz CT molecular complexity index is 831. The van der Waals surface area contributed by atoms with Gasteiger partial charge in [0.25, 0.3) is 0 Å². The fourth-order valence-electron chi connectivity index (χ4n) is 2.20. The lowest BCUT2D eigenvalue weighted by atomic mass is 10.0. The molecule has 0 radical (unpaired) electrons. The van der Waals surface area contributed by atoms with Gasteiger partial charge < -0.3 is 19.9 Å². The van der Waals surface area contributed by atoms with Gasteiger partial charge in [-0.15, -0.1) is 0 Å². The highest BCUT2D eigenvalue weighted by molar-refractivity contribution is 6.23. The van der Waals surface area contributed by atoms with E-state index >= 15 is 0 Å². The van der Waals surface area contributed by atoms with Gasteiger partial charge in [0.05, 0.1) is 0 Å². The first kappa shape index (κ1) is 17.9. The van der Waals surface area contributed by atoms with Crippen LogP contribution in [0.3, 0.4) is 0 Å². The number of carbonyl (C=O) groups excluding carboxylic acids is 4. The number of hydrogen-bond acceptors (Lipinski definition) is 8. The van der Waals surface area contributed by atoms with Crippen LogP contribution in [0.4, 0.5) is 5.69 Å². The number of benzene rings is 1. The molecule has 1 heterocycles. The minimum absolute atomic E-state index is 0.175. The minimum atomic E-state index is -1.18. The van der Waals surface area contributed by atoms with Gasteiger partial charge in [-0.25, -0.2) is 9.59 Å². The second-order valence-electron chi connectivity index (χ2n) is 5.20. The Hall–Kier alpha value is -3.42. The van der Waals surface area contributed by atoms with Crippen LogP contribution in [0, 0.1) is 0 Å². The maximum Gasteiger partial charge on any atom is 0.353 e. The molecule has 0 saturated carbocycles. The van der Waals surface area contributed by atoms with Gasteiger partial charge in [-0.3, -0.25) is 9.59 Å². The largest absolute Gasteiger partial charge is 0.506 e. The van der Waals surface area contributed by atoms with E-state index in [0.29, 0.717) is 11.4 Å². The van der Waals surface area contributed by atoms with Crippen molar-refractivity contribution in [2.24, 2.45) is 0 Å². The third kappa shape index (κ3) is 3.92. The van der Waals surface area contributed by atoms with E-state index < -0.39 is 35.0 Å². The van der Waals surface area contributed by atoms with E-state index in [2.05, 4.69) is 10.1 Å². The summed E-state index contributed by atoms with van der Waals surface area (Å²) < 4.78 is 9.39. The number of aliphatic hydroxyl groups excluding tert-OH is 1. The second-order valence-corrected chi connectivity index (χ2v) is 5.20. The molecule has 2 N–H and O–H groups in total. The van der Waals surface area contributed by atoms with Gasteiger partial charge in [0, 0.05) is 18.3 Å². The molecule has 1 aromatic carbocycles. The van der Waals surface area contributed by atoms with E-state index in [-0.39, 0.29) is 11.3 Å². The van der Waals surface area contributed by atoms with Gasteiger partial charge in [-0.05, 0) is 38.1 Å². The SMILES string of the molecule is CC(=O)Oc1ccc(N/C(C)=C2\C(=O)OC(=O)C(C(C)=O)=C2O)cc1. The third-order valence-corrected chi connectivity index (χ3v) is 3.24. The number of nitrogens with one attached hydrogen (secondary N) is 1. The lowest BCUT2D eigenvalue weighted by molar-refractivity contribution is -0.155. The Morgan fingerprint density at radius 2 is 1.64 bits per heavy atom. The minimum Gasteiger partial charge on any atom is -0.506 e. The summed E-state index contributed by atoms with van der Waals surface area (Å²) in [5, 5.41) is 13.0. The van der Waals surface area contributed by atoms with Crippen molar-refractivity contribution in [3.63, 3.8) is 0 Å². The van der Waals surface area contributed by atoms with Crippen LogP contribution in [0.15, 0.2) is 46.9 Å². The molecular weight excluding hydrogens is 330 g/mol. The molecule has 0 bridgehead atoms. The molecule has 2 rings (SSSR count). The van der Waals surface area contributed by atoms with Crippen LogP contribution in [-0.2, 0) is 23.9 Å². The van der Waals surface area contributed by atoms with Crippen molar-refractivity contribution >= 4 is 29.4 Å². The lowest BCUT2D eigenvalue weighted by Crippen LogP contribution is -2.29. The van der Waals surface area contributed by atoms with Gasteiger partial charge >= 0.3 is 17.9 Å². The van der Waals surface area contributed by atoms with E-state index in [1.807, 2.05) is 0 Å². The average Bonchev–Trinajstić information content (AvgIpc) is 2.47. The van der Waals surface area contributed by atoms with Crippen molar-refractivity contribution in [3.05, 3.63) is 46.9 Å². The topological polar surface area (TPSA) is 119 Å². The van der Waals surface area contributed by atoms with Gasteiger partial charge in [0.15, 0.2) is 5.78 Å². The Morgan fingerprint density at radius 3 is 2.16 bits per heavy atom. The van der Waals surface area contributed by atoms with Gasteiger partial charge in [0.2, 0.25) is 0 Å². The molecule has 8 heteroatoms. The molecule has 25 heavy (non-hydrogen) atoms. The molecule has 1 aliphatic rings. The molecular formula is C17H15NO7. The molecule has 0 aromatic heterocycles. The van der Waals surface area contributed by atoms with Gasteiger partial charge in [-0.2, -0.15) is 0 Å². The molecule has 0 amide bonds. The maximum atomic E-state index is 11.9. The zero-order valence-corrected chi connectivity index (χ0v) is 13.7. The first-order valence-corrected chi connectivity index (χ1v) is 7.18. The van der Waals surface area contributed by atoms with Crippen molar-refractivity contribution in [1.82, 2.24) is 0 Å². The fraction of sp³-hybridized carbons (Fsp3) is 0.176. The second kappa shape index (κ2) is 7.00. The molecule has 0 aliphatic carbocycles. The lowest BCUT2D eigenvalue weighted by Gasteiger charge is -2.18. The standard InChI is InChI=1S/C17H15NO7/c1-8(18-11-4-6-12(7-5-11)24-10(3)20)13-15(21)14(9(2)19)17(23)25-16(13)22/h4-7,18,21H,1-3H3/b13-8-. The Morgan fingerprint density at radius 1 is 1.04 bits per heavy atom. The van der Waals surface area contributed by atoms with Gasteiger partial charge in [0.1, 0.15) is 22.7 Å². The number of ether oxygens (including phenoxy) is 2. The molecule has 0 saturated heterocycles. The van der Waals surface area contributed by atoms with Crippen molar-refractivity contribution < 1.29 is 33.8 Å². The molecule has 0 unspecified atom stereocenters. The summed E-state index contributed by atoms with van der Waals surface area (Å²) in [6, 6.07) is 6.21. The maximum absolute atomic E-state index is 11.9. The normalized spacial score (nSPS) is 16.3. The number of carbonyl (C=O) groups is 4. The van der Waals surface area contributed by atoms with E-state index in [0.717, 1.165) is 6.92 Å². The first-order valence-electron chi connectivity index (χ1n) is 7.18. The highest BCUT2D eigenvalue weighted by Crippen LogP contribution is 2.26. The van der Waals surface area contributed by atoms with E-state index in [1.165, 1.54) is 26.0 Å². The van der Waals surface area contributed by atoms with Crippen LogP contribution < -0.4 is 10.1 Å². The van der Waals surface area contributed by atoms with Crippen molar-refractivity contribution in [2.75, 3.05) is 5.32 Å². The van der Waals surface area contributed by atoms with Crippen LogP contribution in [0.2, 0.25) is 0 Å². The van der Waals surface area contributed by atoms with Crippen LogP contribution in [-0.4, -0.2) is 28.8 Å². The zero-order chi connectivity index (χ0) is 18.7. The number of cyclic esters (lactones) is 2. The van der Waals surface area contributed by atoms with Crippen molar-refractivity contribution in [1.29, 1.82) is 0 Å². The summed E-state index contributed by atoms with van der Waals surface area (Å²) in [6.07, 6.45) is 0. The highest BCUT2D eigenvalue weighted by Gasteiger charge is 2.36. The molecule has 0 fully saturated rings. The number of allylic oxidation sites excluding steroid dienone is 1. The molecule has 1 aliphatic heterocycles. The van der Waals surface area contributed by atoms with Crippen LogP contribution in [0.5, 0.6) is 5.75 Å². The number of Topliss-reactive ketones (excluding diaryl/α,β-unsaturated/α-hetero) is 1. The van der Waals surface area contributed by atoms with Gasteiger partial charge in [-0.1, -0.05) is 0 Å². The average molecular weight is 345 g/mol. The van der Waals surface area contributed by atoms with Crippen LogP contribution >= 0.6 is 0 Å². The Labute approximate surface area is 142 Å². The third-order valence-electron chi connectivity index (χ3n) is 3.24. The monoisotopic (exact) mass is 345 g/mol. The molecule has 8 nitrogen and oxygen atoms in total. The Kier molecular flexibility index (Phi) is 5.02. The van der Waals surface area contributed by atoms with Crippen molar-refractivity contribution in [2.45, 2.75) is 20.8 Å². The summed E-state index contributed by atoms with van der Waals surface area (Å²) >= 11 is 0. The van der Waals surface area contributed by atoms with Crippen LogP contribution in [0.1, 0.15) is 20.8 Å². The summed E-state index contributed by atoms with van der Waals surface area (Å²) in [7, 11) is 0. The zero-order valence-electron chi connectivity index (χ0n) is 13.7. The van der Waals surface area contributed by atoms with Crippen LogP contribution in [0.25, 0.3) is 0 Å². The number of ketones is 1.